The van der Waals surface area contributed by atoms with Gasteiger partial charge in [0.05, 0.1) is 12.3 Å². The third kappa shape index (κ3) is 2.49. The fraction of sp³-hybridized carbons (Fsp3) is 0.375. The summed E-state index contributed by atoms with van der Waals surface area (Å²) >= 11 is 0. The molecular weight excluding hydrogens is 222 g/mol. The third-order valence-electron chi connectivity index (χ3n) is 3.31. The van der Waals surface area contributed by atoms with Crippen molar-refractivity contribution >= 4 is 0 Å². The minimum absolute atomic E-state index is 0.144. The molecule has 2 heteroatoms. The van der Waals surface area contributed by atoms with Crippen LogP contribution in [0.15, 0.2) is 34.9 Å². The summed E-state index contributed by atoms with van der Waals surface area (Å²) in [5.41, 5.74) is 5.08. The van der Waals surface area contributed by atoms with E-state index in [4.69, 9.17) is 4.42 Å². The first-order chi connectivity index (χ1) is 8.63. The lowest BCUT2D eigenvalue weighted by molar-refractivity contribution is 0.448. The molecule has 96 valence electrons. The number of nitrogens with one attached hydrogen (secondary N) is 1. The molecule has 0 aliphatic rings. The van der Waals surface area contributed by atoms with Gasteiger partial charge in [-0.3, -0.25) is 0 Å². The standard InChI is InChI=1S/C16H21NO/c1-5-17-15(16-12(3)8-9-18-16)14-7-6-11(2)10-13(14)4/h6-10,15,17H,5H2,1-4H3. The Hall–Kier alpha value is -1.54. The van der Waals surface area contributed by atoms with Crippen LogP contribution in [-0.2, 0) is 0 Å². The van der Waals surface area contributed by atoms with Crippen LogP contribution in [0.4, 0.5) is 0 Å². The summed E-state index contributed by atoms with van der Waals surface area (Å²) in [7, 11) is 0. The summed E-state index contributed by atoms with van der Waals surface area (Å²) in [5, 5.41) is 3.51. The van der Waals surface area contributed by atoms with Gasteiger partial charge in [-0.05, 0) is 50.1 Å². The zero-order valence-electron chi connectivity index (χ0n) is 11.6. The van der Waals surface area contributed by atoms with Crippen LogP contribution in [0, 0.1) is 20.8 Å². The Labute approximate surface area is 109 Å². The lowest BCUT2D eigenvalue weighted by Crippen LogP contribution is -2.23. The average molecular weight is 243 g/mol. The molecule has 0 radical (unpaired) electrons. The molecule has 1 heterocycles. The molecule has 0 bridgehead atoms. The van der Waals surface area contributed by atoms with E-state index >= 15 is 0 Å². The molecule has 0 aliphatic heterocycles. The lowest BCUT2D eigenvalue weighted by atomic mass is 9.96. The highest BCUT2D eigenvalue weighted by molar-refractivity contribution is 5.38. The minimum Gasteiger partial charge on any atom is -0.467 e. The van der Waals surface area contributed by atoms with Crippen LogP contribution in [0.1, 0.15) is 41.0 Å². The van der Waals surface area contributed by atoms with Crippen LogP contribution < -0.4 is 5.32 Å². The molecule has 0 saturated heterocycles. The molecule has 1 atom stereocenters. The van der Waals surface area contributed by atoms with E-state index in [1.54, 1.807) is 6.26 Å². The predicted molar refractivity (Wildman–Crippen MR) is 74.9 cm³/mol. The fourth-order valence-corrected chi connectivity index (χ4v) is 2.38. The van der Waals surface area contributed by atoms with Crippen LogP contribution in [0.5, 0.6) is 0 Å². The van der Waals surface area contributed by atoms with Crippen LogP contribution in [0.25, 0.3) is 0 Å². The Morgan fingerprint density at radius 1 is 1.11 bits per heavy atom. The van der Waals surface area contributed by atoms with Crippen molar-refractivity contribution in [2.45, 2.75) is 33.7 Å². The van der Waals surface area contributed by atoms with E-state index in [-0.39, 0.29) is 6.04 Å². The molecule has 0 amide bonds. The highest BCUT2D eigenvalue weighted by Crippen LogP contribution is 2.28. The summed E-state index contributed by atoms with van der Waals surface area (Å²) in [4.78, 5) is 0. The van der Waals surface area contributed by atoms with E-state index in [2.05, 4.69) is 51.2 Å². The molecule has 2 nitrogen and oxygen atoms in total. The number of aryl methyl sites for hydroxylation is 3. The summed E-state index contributed by atoms with van der Waals surface area (Å²) in [6.07, 6.45) is 1.76. The van der Waals surface area contributed by atoms with Gasteiger partial charge < -0.3 is 9.73 Å². The van der Waals surface area contributed by atoms with Gasteiger partial charge in [0.25, 0.3) is 0 Å². The normalized spacial score (nSPS) is 12.7. The zero-order chi connectivity index (χ0) is 13.1. The number of furan rings is 1. The smallest absolute Gasteiger partial charge is 0.128 e. The first kappa shape index (κ1) is 12.9. The molecule has 2 rings (SSSR count). The van der Waals surface area contributed by atoms with Gasteiger partial charge in [-0.25, -0.2) is 0 Å². The monoisotopic (exact) mass is 243 g/mol. The Morgan fingerprint density at radius 3 is 2.44 bits per heavy atom. The number of hydrogen-bond donors (Lipinski definition) is 1. The van der Waals surface area contributed by atoms with Gasteiger partial charge in [0.2, 0.25) is 0 Å². The highest BCUT2D eigenvalue weighted by Gasteiger charge is 2.19. The summed E-state index contributed by atoms with van der Waals surface area (Å²) < 4.78 is 5.66. The topological polar surface area (TPSA) is 25.2 Å². The van der Waals surface area contributed by atoms with Crippen molar-refractivity contribution in [1.29, 1.82) is 0 Å². The third-order valence-corrected chi connectivity index (χ3v) is 3.31. The van der Waals surface area contributed by atoms with Gasteiger partial charge in [-0.15, -0.1) is 0 Å². The lowest BCUT2D eigenvalue weighted by Gasteiger charge is -2.19. The Bertz CT molecular complexity index is 528. The summed E-state index contributed by atoms with van der Waals surface area (Å²) in [6, 6.07) is 8.73. The molecular formula is C16H21NO. The van der Waals surface area contributed by atoms with Crippen LogP contribution in [0.2, 0.25) is 0 Å². The van der Waals surface area contributed by atoms with Crippen molar-refractivity contribution < 1.29 is 4.42 Å². The molecule has 1 N–H and O–H groups in total. The number of benzene rings is 1. The van der Waals surface area contributed by atoms with Crippen molar-refractivity contribution in [2.75, 3.05) is 6.54 Å². The average Bonchev–Trinajstić information content (AvgIpc) is 2.73. The van der Waals surface area contributed by atoms with Gasteiger partial charge in [0.1, 0.15) is 5.76 Å². The van der Waals surface area contributed by atoms with Crippen molar-refractivity contribution in [3.63, 3.8) is 0 Å². The maximum absolute atomic E-state index is 5.66. The Balaban J connectivity index is 2.45. The van der Waals surface area contributed by atoms with Gasteiger partial charge in [-0.1, -0.05) is 30.7 Å². The first-order valence-electron chi connectivity index (χ1n) is 6.48. The molecule has 1 unspecified atom stereocenters. The highest BCUT2D eigenvalue weighted by atomic mass is 16.3. The van der Waals surface area contributed by atoms with E-state index < -0.39 is 0 Å². The summed E-state index contributed by atoms with van der Waals surface area (Å²) in [5.74, 6) is 1.02. The van der Waals surface area contributed by atoms with E-state index in [0.717, 1.165) is 12.3 Å². The van der Waals surface area contributed by atoms with Crippen LogP contribution in [-0.4, -0.2) is 6.54 Å². The largest absolute Gasteiger partial charge is 0.467 e. The first-order valence-corrected chi connectivity index (χ1v) is 6.48. The molecule has 2 aromatic rings. The quantitative estimate of drug-likeness (QED) is 0.881. The molecule has 0 spiro atoms. The zero-order valence-corrected chi connectivity index (χ0v) is 11.6. The van der Waals surface area contributed by atoms with Gasteiger partial charge >= 0.3 is 0 Å². The van der Waals surface area contributed by atoms with Crippen molar-refractivity contribution in [1.82, 2.24) is 5.32 Å². The molecule has 18 heavy (non-hydrogen) atoms. The minimum atomic E-state index is 0.144. The van der Waals surface area contributed by atoms with E-state index in [0.29, 0.717) is 0 Å². The number of rotatable bonds is 4. The molecule has 1 aromatic carbocycles. The second-order valence-electron chi connectivity index (χ2n) is 4.82. The SMILES string of the molecule is CCNC(c1ccc(C)cc1C)c1occc1C. The van der Waals surface area contributed by atoms with Gasteiger partial charge in [0.15, 0.2) is 0 Å². The van der Waals surface area contributed by atoms with Crippen molar-refractivity contribution in [3.8, 4) is 0 Å². The Morgan fingerprint density at radius 2 is 1.89 bits per heavy atom. The summed E-state index contributed by atoms with van der Waals surface area (Å²) in [6.45, 7) is 9.40. The van der Waals surface area contributed by atoms with Crippen molar-refractivity contribution in [2.24, 2.45) is 0 Å². The molecule has 0 aliphatic carbocycles. The second kappa shape index (κ2) is 5.40. The fourth-order valence-electron chi connectivity index (χ4n) is 2.38. The van der Waals surface area contributed by atoms with Gasteiger partial charge in [0, 0.05) is 0 Å². The predicted octanol–water partition coefficient (Wildman–Crippen LogP) is 3.90. The second-order valence-corrected chi connectivity index (χ2v) is 4.82. The van der Waals surface area contributed by atoms with E-state index in [1.807, 2.05) is 6.07 Å². The van der Waals surface area contributed by atoms with Crippen molar-refractivity contribution in [3.05, 3.63) is 58.5 Å². The molecule has 1 aromatic heterocycles. The molecule has 0 saturated carbocycles. The Kier molecular flexibility index (Phi) is 3.87. The van der Waals surface area contributed by atoms with E-state index in [1.165, 1.54) is 22.3 Å². The van der Waals surface area contributed by atoms with Gasteiger partial charge in [-0.2, -0.15) is 0 Å². The van der Waals surface area contributed by atoms with E-state index in [9.17, 15) is 0 Å². The number of hydrogen-bond acceptors (Lipinski definition) is 2. The maximum Gasteiger partial charge on any atom is 0.128 e. The molecule has 0 fully saturated rings. The van der Waals surface area contributed by atoms with Crippen LogP contribution in [0.3, 0.4) is 0 Å². The van der Waals surface area contributed by atoms with Crippen LogP contribution >= 0.6 is 0 Å². The maximum atomic E-state index is 5.66.